The molecule has 5 nitrogen and oxygen atoms in total. The van der Waals surface area contributed by atoms with Crippen molar-refractivity contribution in [2.24, 2.45) is 0 Å². The maximum atomic E-state index is 5.68. The van der Waals surface area contributed by atoms with Crippen LogP contribution in [0.5, 0.6) is 0 Å². The monoisotopic (exact) mass is 285 g/mol. The summed E-state index contributed by atoms with van der Waals surface area (Å²) in [5.41, 5.74) is 7.99. The zero-order chi connectivity index (χ0) is 15.1. The zero-order valence-electron chi connectivity index (χ0n) is 12.6. The molecule has 4 N–H and O–H groups in total. The quantitative estimate of drug-likeness (QED) is 0.729. The fourth-order valence-corrected chi connectivity index (χ4v) is 2.16. The molecule has 1 aromatic heterocycles. The third-order valence-corrected chi connectivity index (χ3v) is 3.52. The van der Waals surface area contributed by atoms with Gasteiger partial charge in [0.2, 0.25) is 5.95 Å². The van der Waals surface area contributed by atoms with Crippen LogP contribution in [0.4, 0.5) is 17.5 Å². The van der Waals surface area contributed by atoms with Crippen molar-refractivity contribution in [3.63, 3.8) is 0 Å². The van der Waals surface area contributed by atoms with E-state index in [2.05, 4.69) is 39.7 Å². The van der Waals surface area contributed by atoms with E-state index in [9.17, 15) is 0 Å². The van der Waals surface area contributed by atoms with E-state index >= 15 is 0 Å². The molecular formula is C16H23N5. The number of anilines is 3. The first kappa shape index (κ1) is 15.3. The van der Waals surface area contributed by atoms with Crippen molar-refractivity contribution in [1.82, 2.24) is 15.3 Å². The Morgan fingerprint density at radius 1 is 1.24 bits per heavy atom. The van der Waals surface area contributed by atoms with Gasteiger partial charge in [0.15, 0.2) is 0 Å². The normalized spacial score (nSPS) is 12.1. The molecule has 0 amide bonds. The molecule has 1 unspecified atom stereocenters. The molecule has 1 atom stereocenters. The number of nitrogens with zero attached hydrogens (tertiary/aromatic N) is 2. The molecule has 0 aliphatic heterocycles. The topological polar surface area (TPSA) is 75.9 Å². The molecule has 0 spiro atoms. The third kappa shape index (κ3) is 4.72. The average molecular weight is 285 g/mol. The summed E-state index contributed by atoms with van der Waals surface area (Å²) in [6, 6.07) is 10.5. The lowest BCUT2D eigenvalue weighted by Crippen LogP contribution is -2.20. The number of nitrogen functional groups attached to an aromatic ring is 1. The minimum atomic E-state index is 0.466. The van der Waals surface area contributed by atoms with Crippen LogP contribution in [0.25, 0.3) is 0 Å². The molecule has 112 valence electrons. The predicted octanol–water partition coefficient (Wildman–Crippen LogP) is 2.73. The van der Waals surface area contributed by atoms with Crippen LogP contribution in [-0.4, -0.2) is 23.1 Å². The molecular weight excluding hydrogens is 262 g/mol. The first-order chi connectivity index (χ1) is 10.2. The second kappa shape index (κ2) is 7.59. The highest BCUT2D eigenvalue weighted by molar-refractivity contribution is 5.59. The summed E-state index contributed by atoms with van der Waals surface area (Å²) in [5.74, 6) is 0.999. The molecule has 21 heavy (non-hydrogen) atoms. The Labute approximate surface area is 126 Å². The molecule has 1 heterocycles. The molecule has 0 aliphatic carbocycles. The van der Waals surface area contributed by atoms with Crippen molar-refractivity contribution in [3.05, 3.63) is 42.1 Å². The predicted molar refractivity (Wildman–Crippen MR) is 87.6 cm³/mol. The second-order valence-corrected chi connectivity index (χ2v) is 5.17. The van der Waals surface area contributed by atoms with Crippen LogP contribution in [0.2, 0.25) is 0 Å². The standard InChI is InChI=1S/C16H23N5/c1-12(18-2)6-5-8-13-7-3-4-9-14(13)20-16-19-11-10-15(17)21-16/h3-4,7,9-12,18H,5-6,8H2,1-2H3,(H3,17,19,20,21). The highest BCUT2D eigenvalue weighted by Gasteiger charge is 2.05. The van der Waals surface area contributed by atoms with Crippen molar-refractivity contribution in [2.75, 3.05) is 18.1 Å². The van der Waals surface area contributed by atoms with Crippen LogP contribution in [-0.2, 0) is 6.42 Å². The Kier molecular flexibility index (Phi) is 5.51. The number of nitrogens with one attached hydrogen (secondary N) is 2. The second-order valence-electron chi connectivity index (χ2n) is 5.17. The first-order valence-corrected chi connectivity index (χ1v) is 7.29. The Balaban J connectivity index is 2.03. The lowest BCUT2D eigenvalue weighted by molar-refractivity contribution is 0.542. The fraction of sp³-hybridized carbons (Fsp3) is 0.375. The molecule has 0 aliphatic rings. The summed E-state index contributed by atoms with van der Waals surface area (Å²) in [7, 11) is 2.00. The van der Waals surface area contributed by atoms with E-state index in [0.29, 0.717) is 17.8 Å². The van der Waals surface area contributed by atoms with E-state index in [-0.39, 0.29) is 0 Å². The van der Waals surface area contributed by atoms with E-state index in [1.807, 2.05) is 19.2 Å². The van der Waals surface area contributed by atoms with Crippen LogP contribution in [0.3, 0.4) is 0 Å². The molecule has 0 saturated carbocycles. The molecule has 2 aromatic rings. The average Bonchev–Trinajstić information content (AvgIpc) is 2.49. The Morgan fingerprint density at radius 3 is 2.81 bits per heavy atom. The van der Waals surface area contributed by atoms with Gasteiger partial charge in [-0.1, -0.05) is 18.2 Å². The highest BCUT2D eigenvalue weighted by atomic mass is 15.1. The van der Waals surface area contributed by atoms with Crippen LogP contribution in [0.1, 0.15) is 25.3 Å². The maximum absolute atomic E-state index is 5.68. The number of para-hydroxylation sites is 1. The van der Waals surface area contributed by atoms with E-state index in [4.69, 9.17) is 5.73 Å². The third-order valence-electron chi connectivity index (χ3n) is 3.52. The van der Waals surface area contributed by atoms with Crippen molar-refractivity contribution < 1.29 is 0 Å². The Morgan fingerprint density at radius 2 is 2.05 bits per heavy atom. The SMILES string of the molecule is CNC(C)CCCc1ccccc1Nc1nccc(N)n1. The molecule has 0 bridgehead atoms. The summed E-state index contributed by atoms with van der Waals surface area (Å²) < 4.78 is 0. The van der Waals surface area contributed by atoms with Gasteiger partial charge >= 0.3 is 0 Å². The number of hydrogen-bond acceptors (Lipinski definition) is 5. The number of hydrogen-bond donors (Lipinski definition) is 3. The number of nitrogens with two attached hydrogens (primary N) is 1. The van der Waals surface area contributed by atoms with Gasteiger partial charge in [0, 0.05) is 17.9 Å². The summed E-state index contributed by atoms with van der Waals surface area (Å²) in [6.45, 7) is 2.20. The summed E-state index contributed by atoms with van der Waals surface area (Å²) in [4.78, 5) is 8.36. The molecule has 2 rings (SSSR count). The van der Waals surface area contributed by atoms with Gasteiger partial charge in [-0.05, 0) is 50.9 Å². The van der Waals surface area contributed by atoms with Gasteiger partial charge in [-0.25, -0.2) is 4.98 Å². The number of aryl methyl sites for hydroxylation is 1. The van der Waals surface area contributed by atoms with Gasteiger partial charge in [0.05, 0.1) is 0 Å². The van der Waals surface area contributed by atoms with Crippen LogP contribution < -0.4 is 16.4 Å². The number of benzene rings is 1. The first-order valence-electron chi connectivity index (χ1n) is 7.29. The summed E-state index contributed by atoms with van der Waals surface area (Å²) >= 11 is 0. The molecule has 0 fully saturated rings. The van der Waals surface area contributed by atoms with Crippen LogP contribution in [0.15, 0.2) is 36.5 Å². The number of rotatable bonds is 7. The van der Waals surface area contributed by atoms with Gasteiger partial charge in [0.25, 0.3) is 0 Å². The van der Waals surface area contributed by atoms with E-state index in [1.165, 1.54) is 5.56 Å². The lowest BCUT2D eigenvalue weighted by atomic mass is 10.0. The largest absolute Gasteiger partial charge is 0.384 e. The van der Waals surface area contributed by atoms with Gasteiger partial charge in [0.1, 0.15) is 5.82 Å². The van der Waals surface area contributed by atoms with Gasteiger partial charge in [-0.3, -0.25) is 0 Å². The highest BCUT2D eigenvalue weighted by Crippen LogP contribution is 2.21. The van der Waals surface area contributed by atoms with E-state index < -0.39 is 0 Å². The lowest BCUT2D eigenvalue weighted by Gasteiger charge is -2.13. The van der Waals surface area contributed by atoms with Crippen LogP contribution >= 0.6 is 0 Å². The Bertz CT molecular complexity index is 570. The van der Waals surface area contributed by atoms with Crippen molar-refractivity contribution >= 4 is 17.5 Å². The molecule has 0 radical (unpaired) electrons. The Hall–Kier alpha value is -2.14. The van der Waals surface area contributed by atoms with Gasteiger partial charge in [-0.2, -0.15) is 4.98 Å². The summed E-state index contributed by atoms with van der Waals surface area (Å²) in [5, 5.41) is 6.51. The van der Waals surface area contributed by atoms with Gasteiger partial charge in [-0.15, -0.1) is 0 Å². The van der Waals surface area contributed by atoms with Crippen molar-refractivity contribution in [2.45, 2.75) is 32.2 Å². The van der Waals surface area contributed by atoms with Crippen molar-refractivity contribution in [3.8, 4) is 0 Å². The smallest absolute Gasteiger partial charge is 0.229 e. The molecule has 1 aromatic carbocycles. The molecule has 5 heteroatoms. The fourth-order valence-electron chi connectivity index (χ4n) is 2.16. The van der Waals surface area contributed by atoms with E-state index in [0.717, 1.165) is 24.9 Å². The minimum absolute atomic E-state index is 0.466. The summed E-state index contributed by atoms with van der Waals surface area (Å²) in [6.07, 6.45) is 4.97. The maximum Gasteiger partial charge on any atom is 0.229 e. The van der Waals surface area contributed by atoms with E-state index in [1.54, 1.807) is 12.3 Å². The van der Waals surface area contributed by atoms with Gasteiger partial charge < -0.3 is 16.4 Å². The zero-order valence-corrected chi connectivity index (χ0v) is 12.6. The van der Waals surface area contributed by atoms with Crippen LogP contribution in [0, 0.1) is 0 Å². The minimum Gasteiger partial charge on any atom is -0.384 e. The van der Waals surface area contributed by atoms with Crippen molar-refractivity contribution in [1.29, 1.82) is 0 Å². The molecule has 0 saturated heterocycles. The number of aromatic nitrogens is 2.